The topological polar surface area (TPSA) is 20.7 Å². The Kier molecular flexibility index (Phi) is 3.48. The molecule has 1 N–H and O–H groups in total. The summed E-state index contributed by atoms with van der Waals surface area (Å²) in [5.41, 5.74) is 2.16. The van der Waals surface area contributed by atoms with Crippen molar-refractivity contribution in [3.63, 3.8) is 0 Å². The molecule has 102 valence electrons. The molecule has 1 aromatic rings. The molecule has 3 heteroatoms. The van der Waals surface area contributed by atoms with Gasteiger partial charge in [0, 0.05) is 17.9 Å². The molecule has 0 aromatic carbocycles. The summed E-state index contributed by atoms with van der Waals surface area (Å²) in [7, 11) is 0. The van der Waals surface area contributed by atoms with Gasteiger partial charge in [-0.05, 0) is 48.7 Å². The zero-order chi connectivity index (χ0) is 13.6. The lowest BCUT2D eigenvalue weighted by molar-refractivity contribution is 0.0708. The first-order chi connectivity index (χ1) is 8.24. The second-order valence-corrected chi connectivity index (χ2v) is 7.76. The number of nitrogens with zero attached hydrogens (tertiary/aromatic N) is 1. The van der Waals surface area contributed by atoms with Crippen molar-refractivity contribution < 1.29 is 0 Å². The third-order valence-electron chi connectivity index (χ3n) is 4.15. The largest absolute Gasteiger partial charge is 0.337 e. The molecule has 0 bridgehead atoms. The van der Waals surface area contributed by atoms with Gasteiger partial charge in [-0.1, -0.05) is 34.6 Å². The molecule has 0 aliphatic heterocycles. The molecule has 18 heavy (non-hydrogen) atoms. The molecule has 0 unspecified atom stereocenters. The lowest BCUT2D eigenvalue weighted by Crippen LogP contribution is -2.35. The van der Waals surface area contributed by atoms with E-state index in [-0.39, 0.29) is 0 Å². The third kappa shape index (κ3) is 2.71. The smallest absolute Gasteiger partial charge is 0.177 e. The van der Waals surface area contributed by atoms with Gasteiger partial charge in [0.15, 0.2) is 4.77 Å². The van der Waals surface area contributed by atoms with Crippen molar-refractivity contribution in [3.8, 4) is 0 Å². The molecule has 0 saturated heterocycles. The SMILES string of the molecule is CCc1c[nH]c(=S)n1C1CC(C)(C)CC(C)(C)C1. The first kappa shape index (κ1) is 13.9. The standard InChI is InChI=1S/C15H26N2S/c1-6-11-9-16-13(18)17(11)12-7-14(2,3)10-15(4,5)8-12/h9,12H,6-8,10H2,1-5H3,(H,16,18). The van der Waals surface area contributed by atoms with E-state index in [1.807, 2.05) is 0 Å². The number of hydrogen-bond donors (Lipinski definition) is 1. The molecule has 0 spiro atoms. The lowest BCUT2D eigenvalue weighted by Gasteiger charge is -2.45. The number of H-pyrrole nitrogens is 1. The van der Waals surface area contributed by atoms with E-state index < -0.39 is 0 Å². The summed E-state index contributed by atoms with van der Waals surface area (Å²) in [6, 6.07) is 0.553. The summed E-state index contributed by atoms with van der Waals surface area (Å²) >= 11 is 5.48. The van der Waals surface area contributed by atoms with Gasteiger partial charge in [-0.25, -0.2) is 0 Å². The molecule has 1 fully saturated rings. The van der Waals surface area contributed by atoms with E-state index in [1.54, 1.807) is 0 Å². The van der Waals surface area contributed by atoms with Crippen LogP contribution in [0.1, 0.15) is 65.6 Å². The van der Waals surface area contributed by atoms with Crippen molar-refractivity contribution in [2.75, 3.05) is 0 Å². The number of aryl methyl sites for hydroxylation is 1. The Labute approximate surface area is 116 Å². The van der Waals surface area contributed by atoms with Crippen LogP contribution in [0, 0.1) is 15.6 Å². The Balaban J connectivity index is 2.38. The molecule has 1 aliphatic carbocycles. The fourth-order valence-electron chi connectivity index (χ4n) is 4.06. The Morgan fingerprint density at radius 1 is 1.28 bits per heavy atom. The second kappa shape index (κ2) is 4.52. The summed E-state index contributed by atoms with van der Waals surface area (Å²) < 4.78 is 3.27. The van der Waals surface area contributed by atoms with Gasteiger partial charge in [0.25, 0.3) is 0 Å². The van der Waals surface area contributed by atoms with Gasteiger partial charge >= 0.3 is 0 Å². The highest BCUT2D eigenvalue weighted by atomic mass is 32.1. The van der Waals surface area contributed by atoms with Gasteiger partial charge in [0.2, 0.25) is 0 Å². The highest BCUT2D eigenvalue weighted by Crippen LogP contribution is 2.50. The Morgan fingerprint density at radius 2 is 1.83 bits per heavy atom. The minimum Gasteiger partial charge on any atom is -0.337 e. The highest BCUT2D eigenvalue weighted by Gasteiger charge is 2.39. The van der Waals surface area contributed by atoms with Crippen LogP contribution >= 0.6 is 12.2 Å². The normalized spacial score (nSPS) is 23.2. The molecular formula is C15H26N2S. The molecule has 0 atom stereocenters. The van der Waals surface area contributed by atoms with Crippen LogP contribution in [-0.4, -0.2) is 9.55 Å². The third-order valence-corrected chi connectivity index (χ3v) is 4.47. The molecule has 0 amide bonds. The zero-order valence-electron chi connectivity index (χ0n) is 12.3. The minimum atomic E-state index is 0.406. The van der Waals surface area contributed by atoms with E-state index >= 15 is 0 Å². The fourth-order valence-corrected chi connectivity index (χ4v) is 4.38. The number of rotatable bonds is 2. The number of hydrogen-bond acceptors (Lipinski definition) is 1. The van der Waals surface area contributed by atoms with Gasteiger partial charge in [0.05, 0.1) is 0 Å². The molecule has 1 saturated carbocycles. The number of imidazole rings is 1. The summed E-state index contributed by atoms with van der Waals surface area (Å²) in [6.07, 6.45) is 6.89. The second-order valence-electron chi connectivity index (χ2n) is 7.38. The average molecular weight is 266 g/mol. The van der Waals surface area contributed by atoms with Gasteiger partial charge in [-0.3, -0.25) is 0 Å². The predicted molar refractivity (Wildman–Crippen MR) is 79.4 cm³/mol. The molecular weight excluding hydrogens is 240 g/mol. The maximum Gasteiger partial charge on any atom is 0.177 e. The van der Waals surface area contributed by atoms with Crippen LogP contribution in [0.15, 0.2) is 6.20 Å². The molecule has 1 aromatic heterocycles. The molecule has 1 aliphatic rings. The Bertz CT molecular complexity index is 463. The summed E-state index contributed by atoms with van der Waals surface area (Å²) in [5, 5.41) is 0. The first-order valence-electron chi connectivity index (χ1n) is 7.03. The van der Waals surface area contributed by atoms with Crippen LogP contribution in [-0.2, 0) is 6.42 Å². The van der Waals surface area contributed by atoms with Gasteiger partial charge in [0.1, 0.15) is 0 Å². The van der Waals surface area contributed by atoms with Crippen molar-refractivity contribution in [1.29, 1.82) is 0 Å². The quantitative estimate of drug-likeness (QED) is 0.756. The minimum absolute atomic E-state index is 0.406. The fraction of sp³-hybridized carbons (Fsp3) is 0.800. The van der Waals surface area contributed by atoms with Gasteiger partial charge < -0.3 is 9.55 Å². The summed E-state index contributed by atoms with van der Waals surface area (Å²) in [4.78, 5) is 3.22. The maximum atomic E-state index is 5.48. The van der Waals surface area contributed by atoms with Crippen molar-refractivity contribution in [3.05, 3.63) is 16.7 Å². The van der Waals surface area contributed by atoms with Crippen LogP contribution < -0.4 is 0 Å². The predicted octanol–water partition coefficient (Wildman–Crippen LogP) is 4.89. The summed E-state index contributed by atoms with van der Waals surface area (Å²) in [5.74, 6) is 0. The zero-order valence-corrected chi connectivity index (χ0v) is 13.2. The van der Waals surface area contributed by atoms with Crippen molar-refractivity contribution in [1.82, 2.24) is 9.55 Å². The Morgan fingerprint density at radius 3 is 2.33 bits per heavy atom. The number of aromatic amines is 1. The van der Waals surface area contributed by atoms with E-state index in [4.69, 9.17) is 12.2 Å². The highest BCUT2D eigenvalue weighted by molar-refractivity contribution is 7.71. The molecule has 2 rings (SSSR count). The van der Waals surface area contributed by atoms with Crippen LogP contribution in [0.4, 0.5) is 0 Å². The van der Waals surface area contributed by atoms with E-state index in [9.17, 15) is 0 Å². The molecule has 1 heterocycles. The van der Waals surface area contributed by atoms with Crippen LogP contribution in [0.5, 0.6) is 0 Å². The monoisotopic (exact) mass is 266 g/mol. The van der Waals surface area contributed by atoms with E-state index in [0.717, 1.165) is 11.2 Å². The Hall–Kier alpha value is -0.570. The maximum absolute atomic E-state index is 5.48. The van der Waals surface area contributed by atoms with E-state index in [2.05, 4.69) is 50.4 Å². The van der Waals surface area contributed by atoms with E-state index in [1.165, 1.54) is 25.0 Å². The number of aromatic nitrogens is 2. The van der Waals surface area contributed by atoms with Crippen LogP contribution in [0.3, 0.4) is 0 Å². The van der Waals surface area contributed by atoms with Gasteiger partial charge in [-0.2, -0.15) is 0 Å². The van der Waals surface area contributed by atoms with Crippen LogP contribution in [0.2, 0.25) is 0 Å². The summed E-state index contributed by atoms with van der Waals surface area (Å²) in [6.45, 7) is 11.8. The number of nitrogens with one attached hydrogen (secondary N) is 1. The molecule has 2 nitrogen and oxygen atoms in total. The first-order valence-corrected chi connectivity index (χ1v) is 7.44. The average Bonchev–Trinajstić information content (AvgIpc) is 2.54. The van der Waals surface area contributed by atoms with E-state index in [0.29, 0.717) is 16.9 Å². The van der Waals surface area contributed by atoms with Gasteiger partial charge in [-0.15, -0.1) is 0 Å². The van der Waals surface area contributed by atoms with Crippen molar-refractivity contribution >= 4 is 12.2 Å². The van der Waals surface area contributed by atoms with Crippen LogP contribution in [0.25, 0.3) is 0 Å². The lowest BCUT2D eigenvalue weighted by atomic mass is 9.63. The van der Waals surface area contributed by atoms with Crippen molar-refractivity contribution in [2.45, 2.75) is 66.3 Å². The van der Waals surface area contributed by atoms with Crippen molar-refractivity contribution in [2.24, 2.45) is 10.8 Å². The molecule has 0 radical (unpaired) electrons.